The Bertz CT molecular complexity index is 1020. The first kappa shape index (κ1) is 20.5. The molecule has 0 amide bonds. The van der Waals surface area contributed by atoms with E-state index in [1.165, 1.54) is 18.2 Å². The highest BCUT2D eigenvalue weighted by atomic mass is 19.1. The summed E-state index contributed by atoms with van der Waals surface area (Å²) in [5, 5.41) is 0. The average Bonchev–Trinajstić information content (AvgIpc) is 3.18. The number of rotatable bonds is 6. The molecule has 1 saturated heterocycles. The highest BCUT2D eigenvalue weighted by Crippen LogP contribution is 2.32. The van der Waals surface area contributed by atoms with E-state index in [1.54, 1.807) is 42.3 Å². The molecule has 0 N–H and O–H groups in total. The Hall–Kier alpha value is -2.77. The Morgan fingerprint density at radius 2 is 2.07 bits per heavy atom. The first-order valence-corrected chi connectivity index (χ1v) is 9.90. The number of imidazole rings is 1. The number of halogens is 2. The molecule has 5 nitrogen and oxygen atoms in total. The summed E-state index contributed by atoms with van der Waals surface area (Å²) in [6.45, 7) is 2.40. The van der Waals surface area contributed by atoms with Gasteiger partial charge in [0.15, 0.2) is 0 Å². The highest BCUT2D eigenvalue weighted by molar-refractivity contribution is 5.37. The van der Waals surface area contributed by atoms with Crippen LogP contribution in [0.4, 0.5) is 8.78 Å². The van der Waals surface area contributed by atoms with E-state index >= 15 is 0 Å². The lowest BCUT2D eigenvalue weighted by Gasteiger charge is -2.29. The lowest BCUT2D eigenvalue weighted by Crippen LogP contribution is -2.25. The van der Waals surface area contributed by atoms with E-state index in [4.69, 9.17) is 14.2 Å². The van der Waals surface area contributed by atoms with E-state index in [-0.39, 0.29) is 18.8 Å². The van der Waals surface area contributed by atoms with Crippen LogP contribution in [0.1, 0.15) is 35.9 Å². The van der Waals surface area contributed by atoms with Crippen LogP contribution in [-0.2, 0) is 16.1 Å². The molecule has 2 heterocycles. The van der Waals surface area contributed by atoms with Crippen molar-refractivity contribution in [2.24, 2.45) is 0 Å². The number of methoxy groups -OCH3 is 1. The summed E-state index contributed by atoms with van der Waals surface area (Å²) in [6.07, 6.45) is 4.74. The lowest BCUT2D eigenvalue weighted by atomic mass is 9.99. The Morgan fingerprint density at radius 1 is 1.20 bits per heavy atom. The zero-order valence-corrected chi connectivity index (χ0v) is 17.0. The number of hydrogen-bond acceptors (Lipinski definition) is 4. The standard InChI is InChI=1S/C23H24F2N2O3/c1-15-26-6-7-27(15)19-4-3-16(22(25)12-19)14-30-21-10-17(9-18(24)11-21)23-13-20(28-2)5-8-29-23/h3-4,6-7,9-12,20,23H,5,8,13-14H2,1-2H3. The van der Waals surface area contributed by atoms with Crippen molar-refractivity contribution in [2.45, 2.75) is 38.6 Å². The van der Waals surface area contributed by atoms with E-state index in [1.807, 2.05) is 6.92 Å². The number of ether oxygens (including phenoxy) is 3. The van der Waals surface area contributed by atoms with Crippen molar-refractivity contribution in [3.63, 3.8) is 0 Å². The number of benzene rings is 2. The maximum Gasteiger partial charge on any atom is 0.131 e. The van der Waals surface area contributed by atoms with Gasteiger partial charge in [-0.05, 0) is 43.2 Å². The van der Waals surface area contributed by atoms with Gasteiger partial charge in [-0.15, -0.1) is 0 Å². The maximum atomic E-state index is 14.6. The van der Waals surface area contributed by atoms with Gasteiger partial charge in [-0.25, -0.2) is 13.8 Å². The van der Waals surface area contributed by atoms with E-state index in [0.29, 0.717) is 35.6 Å². The fourth-order valence-electron chi connectivity index (χ4n) is 3.68. The van der Waals surface area contributed by atoms with Crippen LogP contribution in [0.25, 0.3) is 5.69 Å². The SMILES string of the molecule is COC1CCOC(c2cc(F)cc(OCc3ccc(-n4ccnc4C)cc3F)c2)C1. The van der Waals surface area contributed by atoms with Crippen LogP contribution >= 0.6 is 0 Å². The molecule has 30 heavy (non-hydrogen) atoms. The van der Waals surface area contributed by atoms with Crippen molar-refractivity contribution in [1.29, 1.82) is 0 Å². The van der Waals surface area contributed by atoms with E-state index < -0.39 is 11.6 Å². The van der Waals surface area contributed by atoms with Crippen LogP contribution in [0.3, 0.4) is 0 Å². The molecule has 1 aliphatic heterocycles. The monoisotopic (exact) mass is 414 g/mol. The molecular weight excluding hydrogens is 390 g/mol. The average molecular weight is 414 g/mol. The minimum atomic E-state index is -0.419. The summed E-state index contributed by atoms with van der Waals surface area (Å²) in [7, 11) is 1.67. The van der Waals surface area contributed by atoms with E-state index in [0.717, 1.165) is 12.2 Å². The van der Waals surface area contributed by atoms with Crippen molar-refractivity contribution < 1.29 is 23.0 Å². The Morgan fingerprint density at radius 3 is 2.80 bits per heavy atom. The number of nitrogens with zero attached hydrogens (tertiary/aromatic N) is 2. The summed E-state index contributed by atoms with van der Waals surface area (Å²) in [6, 6.07) is 9.38. The van der Waals surface area contributed by atoms with Gasteiger partial charge in [0, 0.05) is 49.8 Å². The van der Waals surface area contributed by atoms with E-state index in [9.17, 15) is 8.78 Å². The molecule has 2 atom stereocenters. The van der Waals surface area contributed by atoms with Gasteiger partial charge in [0.25, 0.3) is 0 Å². The molecule has 4 rings (SSSR count). The minimum Gasteiger partial charge on any atom is -0.489 e. The molecule has 0 aliphatic carbocycles. The van der Waals surface area contributed by atoms with Gasteiger partial charge in [0.05, 0.1) is 12.2 Å². The summed E-state index contributed by atoms with van der Waals surface area (Å²) in [5.74, 6) is 0.293. The number of aryl methyl sites for hydroxylation is 1. The predicted octanol–water partition coefficient (Wildman–Crippen LogP) is 4.90. The maximum absolute atomic E-state index is 14.6. The van der Waals surface area contributed by atoms with Gasteiger partial charge >= 0.3 is 0 Å². The van der Waals surface area contributed by atoms with Crippen LogP contribution in [-0.4, -0.2) is 29.4 Å². The molecule has 0 saturated carbocycles. The predicted molar refractivity (Wildman–Crippen MR) is 108 cm³/mol. The smallest absolute Gasteiger partial charge is 0.131 e. The second kappa shape index (κ2) is 8.93. The Kier molecular flexibility index (Phi) is 6.11. The van der Waals surface area contributed by atoms with Gasteiger partial charge < -0.3 is 18.8 Å². The van der Waals surface area contributed by atoms with Crippen LogP contribution < -0.4 is 4.74 Å². The van der Waals surface area contributed by atoms with Crippen molar-refractivity contribution in [3.8, 4) is 11.4 Å². The first-order chi connectivity index (χ1) is 14.5. The fraction of sp³-hybridized carbons (Fsp3) is 0.348. The molecule has 0 radical (unpaired) electrons. The zero-order valence-electron chi connectivity index (χ0n) is 17.0. The quantitative estimate of drug-likeness (QED) is 0.575. The molecule has 2 unspecified atom stereocenters. The second-order valence-electron chi connectivity index (χ2n) is 7.37. The molecule has 7 heteroatoms. The van der Waals surface area contributed by atoms with Crippen molar-refractivity contribution in [1.82, 2.24) is 9.55 Å². The van der Waals surface area contributed by atoms with Gasteiger partial charge in [0.2, 0.25) is 0 Å². The minimum absolute atomic E-state index is 0.00978. The van der Waals surface area contributed by atoms with Crippen molar-refractivity contribution in [2.75, 3.05) is 13.7 Å². The van der Waals surface area contributed by atoms with E-state index in [2.05, 4.69) is 4.98 Å². The van der Waals surface area contributed by atoms with Crippen LogP contribution in [0.5, 0.6) is 5.75 Å². The summed E-state index contributed by atoms with van der Waals surface area (Å²) < 4.78 is 47.4. The van der Waals surface area contributed by atoms with Crippen molar-refractivity contribution in [3.05, 3.63) is 77.4 Å². The summed E-state index contributed by atoms with van der Waals surface area (Å²) >= 11 is 0. The Balaban J connectivity index is 1.47. The molecule has 0 spiro atoms. The van der Waals surface area contributed by atoms with Crippen molar-refractivity contribution >= 4 is 0 Å². The highest BCUT2D eigenvalue weighted by Gasteiger charge is 2.24. The molecule has 0 bridgehead atoms. The zero-order chi connectivity index (χ0) is 21.1. The first-order valence-electron chi connectivity index (χ1n) is 9.90. The molecule has 1 fully saturated rings. The molecule has 1 aliphatic rings. The largest absolute Gasteiger partial charge is 0.489 e. The third-order valence-corrected chi connectivity index (χ3v) is 5.37. The van der Waals surface area contributed by atoms with Gasteiger partial charge in [-0.1, -0.05) is 6.07 Å². The summed E-state index contributed by atoms with van der Waals surface area (Å²) in [5.41, 5.74) is 1.76. The van der Waals surface area contributed by atoms with Crippen LogP contribution in [0.15, 0.2) is 48.8 Å². The Labute approximate surface area is 174 Å². The van der Waals surface area contributed by atoms with Crippen LogP contribution in [0.2, 0.25) is 0 Å². The lowest BCUT2D eigenvalue weighted by molar-refractivity contribution is -0.0600. The molecule has 158 valence electrons. The van der Waals surface area contributed by atoms with Gasteiger partial charge in [0.1, 0.15) is 29.8 Å². The van der Waals surface area contributed by atoms with Gasteiger partial charge in [-0.2, -0.15) is 0 Å². The molecule has 2 aromatic carbocycles. The molecule has 1 aromatic heterocycles. The summed E-state index contributed by atoms with van der Waals surface area (Å²) in [4.78, 5) is 4.15. The third kappa shape index (κ3) is 4.52. The number of hydrogen-bond donors (Lipinski definition) is 0. The second-order valence-corrected chi connectivity index (χ2v) is 7.37. The third-order valence-electron chi connectivity index (χ3n) is 5.37. The normalized spacial score (nSPS) is 19.1. The number of aromatic nitrogens is 2. The molecular formula is C23H24F2N2O3. The van der Waals surface area contributed by atoms with Crippen LogP contribution in [0, 0.1) is 18.6 Å². The topological polar surface area (TPSA) is 45.5 Å². The fourth-order valence-corrected chi connectivity index (χ4v) is 3.68. The van der Waals surface area contributed by atoms with Gasteiger partial charge in [-0.3, -0.25) is 0 Å². The molecule has 3 aromatic rings.